The quantitative estimate of drug-likeness (QED) is 0.565. The summed E-state index contributed by atoms with van der Waals surface area (Å²) in [5, 5.41) is 3.33. The van der Waals surface area contributed by atoms with Gasteiger partial charge in [-0.25, -0.2) is 0 Å². The monoisotopic (exact) mass is 298 g/mol. The number of piperidine rings is 1. The summed E-state index contributed by atoms with van der Waals surface area (Å²) in [5.74, 6) is 1.01. The number of carbonyl (C=O) groups is 1. The Bertz CT molecular complexity index is 369. The summed E-state index contributed by atoms with van der Waals surface area (Å²) in [5.41, 5.74) is 5.04. The number of hydrogen-bond acceptors (Lipinski definition) is 3. The van der Waals surface area contributed by atoms with Crippen molar-refractivity contribution in [3.8, 4) is 0 Å². The van der Waals surface area contributed by atoms with Crippen LogP contribution in [0.15, 0.2) is 4.99 Å². The summed E-state index contributed by atoms with van der Waals surface area (Å²) in [7, 11) is 1.70. The molecule has 0 saturated carbocycles. The lowest BCUT2D eigenvalue weighted by atomic mass is 9.95. The number of nitrogens with one attached hydrogen (secondary N) is 1. The number of rotatable bonds is 6. The van der Waals surface area contributed by atoms with Crippen molar-refractivity contribution in [3.63, 3.8) is 0 Å². The maximum Gasteiger partial charge on any atom is 0.217 e. The molecule has 122 valence electrons. The Morgan fingerprint density at radius 1 is 1.52 bits per heavy atom. The highest BCUT2D eigenvalue weighted by Crippen LogP contribution is 2.19. The summed E-state index contributed by atoms with van der Waals surface area (Å²) in [4.78, 5) is 18.0. The van der Waals surface area contributed by atoms with E-state index in [1.165, 1.54) is 0 Å². The van der Waals surface area contributed by atoms with E-state index in [0.29, 0.717) is 18.9 Å². The van der Waals surface area contributed by atoms with Crippen LogP contribution in [0.2, 0.25) is 0 Å². The topological polar surface area (TPSA) is 80.0 Å². The molecule has 21 heavy (non-hydrogen) atoms. The van der Waals surface area contributed by atoms with Gasteiger partial charge >= 0.3 is 0 Å². The van der Waals surface area contributed by atoms with Gasteiger partial charge in [0.2, 0.25) is 5.91 Å². The molecule has 6 nitrogen and oxygen atoms in total. The Balaban J connectivity index is 2.70. The van der Waals surface area contributed by atoms with Gasteiger partial charge in [0.25, 0.3) is 0 Å². The van der Waals surface area contributed by atoms with Crippen LogP contribution in [0, 0.1) is 5.92 Å². The highest BCUT2D eigenvalue weighted by atomic mass is 16.5. The van der Waals surface area contributed by atoms with Crippen molar-refractivity contribution < 1.29 is 9.53 Å². The minimum absolute atomic E-state index is 0.218. The Kier molecular flexibility index (Phi) is 6.95. The fourth-order valence-corrected chi connectivity index (χ4v) is 2.46. The van der Waals surface area contributed by atoms with Crippen LogP contribution in [0.5, 0.6) is 0 Å². The molecule has 0 aromatic heterocycles. The van der Waals surface area contributed by atoms with E-state index in [0.717, 1.165) is 38.4 Å². The van der Waals surface area contributed by atoms with Gasteiger partial charge in [0.1, 0.15) is 0 Å². The minimum atomic E-state index is -0.275. The molecule has 1 rings (SSSR count). The van der Waals surface area contributed by atoms with Gasteiger partial charge in [-0.15, -0.1) is 0 Å². The molecular formula is C15H30N4O2. The fraction of sp³-hybridized carbons (Fsp3) is 0.867. The summed E-state index contributed by atoms with van der Waals surface area (Å²) in [6.45, 7) is 9.32. The number of amides is 1. The molecule has 1 unspecified atom stereocenters. The SMILES string of the molecule is CCNC(=NCC(C)(C)OC)N1CCCC(CC(N)=O)C1. The van der Waals surface area contributed by atoms with E-state index >= 15 is 0 Å². The molecule has 0 aromatic rings. The number of nitrogens with zero attached hydrogens (tertiary/aromatic N) is 2. The van der Waals surface area contributed by atoms with Crippen molar-refractivity contribution in [1.82, 2.24) is 10.2 Å². The van der Waals surface area contributed by atoms with Gasteiger partial charge in [-0.2, -0.15) is 0 Å². The molecule has 0 aliphatic carbocycles. The third-order valence-corrected chi connectivity index (χ3v) is 3.81. The zero-order valence-electron chi connectivity index (χ0n) is 13.8. The van der Waals surface area contributed by atoms with Gasteiger partial charge in [-0.3, -0.25) is 9.79 Å². The van der Waals surface area contributed by atoms with Crippen LogP contribution in [-0.4, -0.2) is 55.7 Å². The smallest absolute Gasteiger partial charge is 0.217 e. The molecule has 0 radical (unpaired) electrons. The molecular weight excluding hydrogens is 268 g/mol. The van der Waals surface area contributed by atoms with E-state index in [1.807, 2.05) is 13.8 Å². The van der Waals surface area contributed by atoms with Crippen molar-refractivity contribution in [1.29, 1.82) is 0 Å². The second-order valence-electron chi connectivity index (χ2n) is 6.26. The lowest BCUT2D eigenvalue weighted by Crippen LogP contribution is -2.47. The first-order chi connectivity index (χ1) is 9.88. The van der Waals surface area contributed by atoms with Gasteiger partial charge < -0.3 is 20.7 Å². The van der Waals surface area contributed by atoms with Gasteiger partial charge in [0.15, 0.2) is 5.96 Å². The third kappa shape index (κ3) is 6.33. The first-order valence-electron chi connectivity index (χ1n) is 7.74. The normalized spacial score (nSPS) is 20.5. The van der Waals surface area contributed by atoms with Crippen molar-refractivity contribution in [2.45, 2.75) is 45.6 Å². The maximum absolute atomic E-state index is 11.1. The van der Waals surface area contributed by atoms with Crippen LogP contribution in [-0.2, 0) is 9.53 Å². The van der Waals surface area contributed by atoms with E-state index in [9.17, 15) is 4.79 Å². The van der Waals surface area contributed by atoms with Crippen molar-refractivity contribution >= 4 is 11.9 Å². The second kappa shape index (κ2) is 8.22. The number of carbonyl (C=O) groups excluding carboxylic acids is 1. The Labute approximate surface area is 128 Å². The van der Waals surface area contributed by atoms with Crippen LogP contribution < -0.4 is 11.1 Å². The van der Waals surface area contributed by atoms with Crippen LogP contribution in [0.25, 0.3) is 0 Å². The maximum atomic E-state index is 11.1. The van der Waals surface area contributed by atoms with Gasteiger partial charge in [-0.1, -0.05) is 0 Å². The number of primary amides is 1. The van der Waals surface area contributed by atoms with Crippen molar-refractivity contribution in [2.75, 3.05) is 33.3 Å². The number of hydrogen-bond donors (Lipinski definition) is 2. The predicted molar refractivity (Wildman–Crippen MR) is 85.2 cm³/mol. The average molecular weight is 298 g/mol. The van der Waals surface area contributed by atoms with E-state index < -0.39 is 0 Å². The molecule has 1 aliphatic rings. The van der Waals surface area contributed by atoms with Crippen LogP contribution in [0.1, 0.15) is 40.0 Å². The van der Waals surface area contributed by atoms with E-state index in [-0.39, 0.29) is 11.5 Å². The Hall–Kier alpha value is -1.30. The highest BCUT2D eigenvalue weighted by molar-refractivity contribution is 5.80. The van der Waals surface area contributed by atoms with Crippen LogP contribution in [0.4, 0.5) is 0 Å². The molecule has 0 bridgehead atoms. The number of likely N-dealkylation sites (tertiary alicyclic amines) is 1. The van der Waals surface area contributed by atoms with Crippen molar-refractivity contribution in [2.24, 2.45) is 16.6 Å². The molecule has 0 spiro atoms. The first kappa shape index (κ1) is 17.8. The number of guanidine groups is 1. The molecule has 1 fully saturated rings. The third-order valence-electron chi connectivity index (χ3n) is 3.81. The van der Waals surface area contributed by atoms with Gasteiger partial charge in [-0.05, 0) is 39.5 Å². The molecule has 1 aliphatic heterocycles. The Morgan fingerprint density at radius 3 is 2.81 bits per heavy atom. The second-order valence-corrected chi connectivity index (χ2v) is 6.26. The average Bonchev–Trinajstić information content (AvgIpc) is 2.43. The van der Waals surface area contributed by atoms with Crippen molar-refractivity contribution in [3.05, 3.63) is 0 Å². The molecule has 1 saturated heterocycles. The summed E-state index contributed by atoms with van der Waals surface area (Å²) >= 11 is 0. The molecule has 1 amide bonds. The number of methoxy groups -OCH3 is 1. The lowest BCUT2D eigenvalue weighted by molar-refractivity contribution is -0.119. The number of nitrogens with two attached hydrogens (primary N) is 1. The standard InChI is InChI=1S/C15H30N4O2/c1-5-17-14(18-11-15(2,3)21-4)19-8-6-7-12(10-19)9-13(16)20/h12H,5-11H2,1-4H3,(H2,16,20)(H,17,18). The molecule has 1 heterocycles. The molecule has 1 atom stereocenters. The molecule has 3 N–H and O–H groups in total. The zero-order chi connectivity index (χ0) is 15.9. The van der Waals surface area contributed by atoms with E-state index in [2.05, 4.69) is 22.1 Å². The number of ether oxygens (including phenoxy) is 1. The zero-order valence-corrected chi connectivity index (χ0v) is 13.8. The van der Waals surface area contributed by atoms with Gasteiger partial charge in [0, 0.05) is 33.2 Å². The summed E-state index contributed by atoms with van der Waals surface area (Å²) in [6.07, 6.45) is 2.58. The largest absolute Gasteiger partial charge is 0.377 e. The predicted octanol–water partition coefficient (Wildman–Crippen LogP) is 0.964. The highest BCUT2D eigenvalue weighted by Gasteiger charge is 2.24. The van der Waals surface area contributed by atoms with Gasteiger partial charge in [0.05, 0.1) is 12.1 Å². The molecule has 6 heteroatoms. The van der Waals surface area contributed by atoms with E-state index in [1.54, 1.807) is 7.11 Å². The minimum Gasteiger partial charge on any atom is -0.377 e. The summed E-state index contributed by atoms with van der Waals surface area (Å²) < 4.78 is 5.41. The Morgan fingerprint density at radius 2 is 2.24 bits per heavy atom. The first-order valence-corrected chi connectivity index (χ1v) is 7.74. The number of aliphatic imine (C=N–C) groups is 1. The lowest BCUT2D eigenvalue weighted by Gasteiger charge is -2.35. The van der Waals surface area contributed by atoms with Crippen LogP contribution >= 0.6 is 0 Å². The van der Waals surface area contributed by atoms with E-state index in [4.69, 9.17) is 10.5 Å². The molecule has 0 aromatic carbocycles. The summed E-state index contributed by atoms with van der Waals surface area (Å²) in [6, 6.07) is 0. The fourth-order valence-electron chi connectivity index (χ4n) is 2.46. The van der Waals surface area contributed by atoms with Crippen LogP contribution in [0.3, 0.4) is 0 Å².